The molecule has 18 heavy (non-hydrogen) atoms. The molecular formula is C13H15F3O2. The average molecular weight is 260 g/mol. The maximum absolute atomic E-state index is 12.9. The van der Waals surface area contributed by atoms with Crippen LogP contribution in [0, 0.1) is 11.8 Å². The summed E-state index contributed by atoms with van der Waals surface area (Å²) in [5, 5.41) is 0. The Morgan fingerprint density at radius 1 is 1.33 bits per heavy atom. The van der Waals surface area contributed by atoms with E-state index in [-0.39, 0.29) is 18.6 Å². The Labute approximate surface area is 103 Å². The van der Waals surface area contributed by atoms with Crippen LogP contribution in [0.25, 0.3) is 0 Å². The summed E-state index contributed by atoms with van der Waals surface area (Å²) in [4.78, 5) is 12.0. The van der Waals surface area contributed by atoms with Gasteiger partial charge < -0.3 is 4.42 Å². The van der Waals surface area contributed by atoms with Gasteiger partial charge >= 0.3 is 6.18 Å². The maximum atomic E-state index is 12.9. The second-order valence-electron chi connectivity index (χ2n) is 4.81. The fourth-order valence-corrected chi connectivity index (χ4v) is 2.63. The second kappa shape index (κ2) is 5.16. The van der Waals surface area contributed by atoms with Crippen LogP contribution in [0.15, 0.2) is 23.0 Å². The van der Waals surface area contributed by atoms with Gasteiger partial charge in [-0.1, -0.05) is 12.8 Å². The molecule has 5 heteroatoms. The molecule has 0 spiro atoms. The van der Waals surface area contributed by atoms with Crippen molar-refractivity contribution in [2.45, 2.75) is 38.3 Å². The molecule has 0 aromatic carbocycles. The number of halogens is 3. The largest absolute Gasteiger partial charge is 0.472 e. The van der Waals surface area contributed by atoms with E-state index in [1.807, 2.05) is 0 Å². The zero-order valence-corrected chi connectivity index (χ0v) is 9.87. The van der Waals surface area contributed by atoms with Crippen LogP contribution >= 0.6 is 0 Å². The summed E-state index contributed by atoms with van der Waals surface area (Å²) < 4.78 is 43.4. The summed E-state index contributed by atoms with van der Waals surface area (Å²) >= 11 is 0. The fourth-order valence-electron chi connectivity index (χ4n) is 2.63. The highest BCUT2D eigenvalue weighted by Gasteiger charge is 2.47. The van der Waals surface area contributed by atoms with Crippen molar-refractivity contribution in [3.63, 3.8) is 0 Å². The van der Waals surface area contributed by atoms with Crippen LogP contribution in [0.3, 0.4) is 0 Å². The van der Waals surface area contributed by atoms with Crippen molar-refractivity contribution in [2.24, 2.45) is 11.8 Å². The van der Waals surface area contributed by atoms with E-state index in [0.29, 0.717) is 24.8 Å². The summed E-state index contributed by atoms with van der Waals surface area (Å²) in [6.07, 6.45) is 0.277. The van der Waals surface area contributed by atoms with E-state index in [2.05, 4.69) is 0 Å². The smallest absolute Gasteiger partial charge is 0.392 e. The number of ketones is 1. The van der Waals surface area contributed by atoms with Crippen LogP contribution in [0.5, 0.6) is 0 Å². The van der Waals surface area contributed by atoms with Crippen LogP contribution in [0.2, 0.25) is 0 Å². The standard InChI is InChI=1S/C13H15F3O2/c14-13(15,16)11-4-2-1-3-10(11)12(17)7-9-5-6-18-8-9/h5-6,8,10-11H,1-4,7H2. The lowest BCUT2D eigenvalue weighted by Gasteiger charge is -2.31. The highest BCUT2D eigenvalue weighted by Crippen LogP contribution is 2.42. The average Bonchev–Trinajstić information content (AvgIpc) is 2.80. The Bertz CT molecular complexity index is 395. The summed E-state index contributed by atoms with van der Waals surface area (Å²) in [6, 6.07) is 1.61. The Morgan fingerprint density at radius 3 is 2.67 bits per heavy atom. The first-order chi connectivity index (χ1) is 8.48. The fraction of sp³-hybridized carbons (Fsp3) is 0.615. The van der Waals surface area contributed by atoms with Crippen molar-refractivity contribution in [1.29, 1.82) is 0 Å². The molecule has 1 aromatic rings. The molecule has 1 saturated carbocycles. The van der Waals surface area contributed by atoms with E-state index in [9.17, 15) is 18.0 Å². The highest BCUT2D eigenvalue weighted by atomic mass is 19.4. The lowest BCUT2D eigenvalue weighted by Crippen LogP contribution is -2.37. The molecule has 2 rings (SSSR count). The van der Waals surface area contributed by atoms with Crippen LogP contribution in [0.1, 0.15) is 31.2 Å². The second-order valence-corrected chi connectivity index (χ2v) is 4.81. The van der Waals surface area contributed by atoms with E-state index < -0.39 is 18.0 Å². The maximum Gasteiger partial charge on any atom is 0.392 e. The van der Waals surface area contributed by atoms with Crippen molar-refractivity contribution >= 4 is 5.78 Å². The molecule has 2 unspecified atom stereocenters. The van der Waals surface area contributed by atoms with Crippen molar-refractivity contribution in [1.82, 2.24) is 0 Å². The zero-order valence-electron chi connectivity index (χ0n) is 9.87. The van der Waals surface area contributed by atoms with Gasteiger partial charge in [-0.25, -0.2) is 0 Å². The predicted molar refractivity (Wildman–Crippen MR) is 58.9 cm³/mol. The molecule has 0 radical (unpaired) electrons. The van der Waals surface area contributed by atoms with Crippen molar-refractivity contribution in [2.75, 3.05) is 0 Å². The summed E-state index contributed by atoms with van der Waals surface area (Å²) in [6.45, 7) is 0. The number of alkyl halides is 3. The van der Waals surface area contributed by atoms with Crippen LogP contribution in [-0.4, -0.2) is 12.0 Å². The number of Topliss-reactive ketones (excluding diaryl/α,β-unsaturated/α-hetero) is 1. The molecule has 0 saturated heterocycles. The van der Waals surface area contributed by atoms with Crippen molar-refractivity contribution in [3.05, 3.63) is 24.2 Å². The quantitative estimate of drug-likeness (QED) is 0.828. The predicted octanol–water partition coefficient (Wildman–Crippen LogP) is 3.76. The molecule has 1 aliphatic carbocycles. The normalized spacial score (nSPS) is 25.1. The van der Waals surface area contributed by atoms with E-state index in [4.69, 9.17) is 4.42 Å². The van der Waals surface area contributed by atoms with Crippen LogP contribution in [0.4, 0.5) is 13.2 Å². The van der Waals surface area contributed by atoms with Gasteiger partial charge in [0.2, 0.25) is 0 Å². The number of carbonyl (C=O) groups is 1. The third kappa shape index (κ3) is 2.94. The minimum Gasteiger partial charge on any atom is -0.472 e. The molecule has 2 nitrogen and oxygen atoms in total. The van der Waals surface area contributed by atoms with Crippen LogP contribution in [-0.2, 0) is 11.2 Å². The van der Waals surface area contributed by atoms with E-state index in [1.165, 1.54) is 12.5 Å². The zero-order chi connectivity index (χ0) is 13.2. The minimum absolute atomic E-state index is 0.0355. The molecule has 1 heterocycles. The van der Waals surface area contributed by atoms with Gasteiger partial charge in [0, 0.05) is 12.3 Å². The molecule has 1 aliphatic rings. The van der Waals surface area contributed by atoms with Gasteiger partial charge in [0.05, 0.1) is 18.4 Å². The van der Waals surface area contributed by atoms with Gasteiger partial charge in [-0.3, -0.25) is 4.79 Å². The number of hydrogen-bond acceptors (Lipinski definition) is 2. The number of rotatable bonds is 3. The minimum atomic E-state index is -4.27. The van der Waals surface area contributed by atoms with Gasteiger partial charge in [-0.05, 0) is 24.5 Å². The Balaban J connectivity index is 2.06. The third-order valence-corrected chi connectivity index (χ3v) is 3.56. The molecule has 0 amide bonds. The van der Waals surface area contributed by atoms with Gasteiger partial charge in [-0.15, -0.1) is 0 Å². The summed E-state index contributed by atoms with van der Waals surface area (Å²) in [5.74, 6) is -2.67. The summed E-state index contributed by atoms with van der Waals surface area (Å²) in [7, 11) is 0. The topological polar surface area (TPSA) is 30.2 Å². The van der Waals surface area contributed by atoms with Gasteiger partial charge in [-0.2, -0.15) is 13.2 Å². The SMILES string of the molecule is O=C(Cc1ccoc1)C1CCCCC1C(F)(F)F. The van der Waals surface area contributed by atoms with Crippen molar-refractivity contribution in [3.8, 4) is 0 Å². The Morgan fingerprint density at radius 2 is 2.06 bits per heavy atom. The molecule has 1 fully saturated rings. The molecule has 0 N–H and O–H groups in total. The molecule has 0 bridgehead atoms. The molecule has 100 valence electrons. The lowest BCUT2D eigenvalue weighted by molar-refractivity contribution is -0.197. The molecule has 1 aromatic heterocycles. The first-order valence-electron chi connectivity index (χ1n) is 6.09. The van der Waals surface area contributed by atoms with Gasteiger partial charge in [0.1, 0.15) is 5.78 Å². The van der Waals surface area contributed by atoms with E-state index in [0.717, 1.165) is 0 Å². The number of hydrogen-bond donors (Lipinski definition) is 0. The first kappa shape index (κ1) is 13.2. The Kier molecular flexibility index (Phi) is 3.78. The molecule has 0 aliphatic heterocycles. The van der Waals surface area contributed by atoms with E-state index in [1.54, 1.807) is 6.07 Å². The van der Waals surface area contributed by atoms with Crippen molar-refractivity contribution < 1.29 is 22.4 Å². The lowest BCUT2D eigenvalue weighted by atomic mass is 9.75. The monoisotopic (exact) mass is 260 g/mol. The molecular weight excluding hydrogens is 245 g/mol. The van der Waals surface area contributed by atoms with Crippen LogP contribution < -0.4 is 0 Å². The molecule has 2 atom stereocenters. The van der Waals surface area contributed by atoms with E-state index >= 15 is 0 Å². The highest BCUT2D eigenvalue weighted by molar-refractivity contribution is 5.83. The number of carbonyl (C=O) groups excluding carboxylic acids is 1. The first-order valence-corrected chi connectivity index (χ1v) is 6.09. The summed E-state index contributed by atoms with van der Waals surface area (Å²) in [5.41, 5.74) is 0.645. The third-order valence-electron chi connectivity index (χ3n) is 3.56. The Hall–Kier alpha value is -1.26. The van der Waals surface area contributed by atoms with Gasteiger partial charge in [0.15, 0.2) is 0 Å². The van der Waals surface area contributed by atoms with Gasteiger partial charge in [0.25, 0.3) is 0 Å². The number of furan rings is 1.